The van der Waals surface area contributed by atoms with Gasteiger partial charge >= 0.3 is 0 Å². The fraction of sp³-hybridized carbons (Fsp3) is 0.886. The first kappa shape index (κ1) is 51.3. The summed E-state index contributed by atoms with van der Waals surface area (Å²) in [5.41, 5.74) is 16.8. The van der Waals surface area contributed by atoms with Crippen LogP contribution in [0.4, 0.5) is 0 Å². The molecule has 0 aromatic rings. The number of ether oxygens (including phenoxy) is 1. The first-order valence-electron chi connectivity index (χ1n) is 22.3. The van der Waals surface area contributed by atoms with E-state index in [4.69, 9.17) is 21.9 Å². The zero-order valence-electron chi connectivity index (χ0n) is 35.5. The molecule has 0 radical (unpaired) electrons. The van der Waals surface area contributed by atoms with E-state index in [-0.39, 0.29) is 18.9 Å². The fourth-order valence-electron chi connectivity index (χ4n) is 7.77. The van der Waals surface area contributed by atoms with E-state index in [1.165, 1.54) is 102 Å². The minimum absolute atomic E-state index is 0.130. The van der Waals surface area contributed by atoms with E-state index >= 15 is 0 Å². The number of allylic oxidation sites excluding steroid dienone is 2. The molecule has 1 fully saturated rings. The zero-order chi connectivity index (χ0) is 41.1. The number of hydrogen-bond acceptors (Lipinski definition) is 10. The van der Waals surface area contributed by atoms with Gasteiger partial charge in [0.25, 0.3) is 0 Å². The summed E-state index contributed by atoms with van der Waals surface area (Å²) in [6.45, 7) is 6.48. The lowest BCUT2D eigenvalue weighted by Crippen LogP contribution is -2.78. The number of hydrogen-bond donors (Lipinski definition) is 6. The first-order chi connectivity index (χ1) is 26.3. The van der Waals surface area contributed by atoms with Crippen molar-refractivity contribution in [1.82, 2.24) is 4.90 Å². The molecular weight excluding hydrogens is 697 g/mol. The maximum absolute atomic E-state index is 14.1. The number of Topliss-reactive ketones (excluding diaryl/α,β-unsaturated/α-hetero) is 2. The third kappa shape index (κ3) is 18.6. The zero-order valence-corrected chi connectivity index (χ0v) is 35.5. The number of carbonyl (C=O) groups excluding carboxylic acids is 3. The van der Waals surface area contributed by atoms with Crippen molar-refractivity contribution in [3.05, 3.63) is 12.2 Å². The summed E-state index contributed by atoms with van der Waals surface area (Å²) in [5, 5.41) is 32.3. The number of aliphatic hydroxyl groups is 3. The molecule has 11 nitrogen and oxygen atoms in total. The summed E-state index contributed by atoms with van der Waals surface area (Å²) in [6.07, 6.45) is 27.8. The Balaban J connectivity index is 2.93. The van der Waals surface area contributed by atoms with Gasteiger partial charge in [0.2, 0.25) is 11.8 Å². The molecule has 1 heterocycles. The number of aliphatic hydroxyl groups excluding tert-OH is 3. The predicted molar refractivity (Wildman–Crippen MR) is 223 cm³/mol. The van der Waals surface area contributed by atoms with Crippen molar-refractivity contribution in [2.75, 3.05) is 13.2 Å². The van der Waals surface area contributed by atoms with Crippen LogP contribution in [0.25, 0.3) is 0 Å². The van der Waals surface area contributed by atoms with Gasteiger partial charge in [0.15, 0.2) is 11.6 Å². The van der Waals surface area contributed by atoms with Crippen LogP contribution in [0, 0.1) is 5.92 Å². The van der Waals surface area contributed by atoms with Gasteiger partial charge in [0.05, 0.1) is 18.8 Å². The number of nitrogens with two attached hydrogens (primary N) is 3. The molecule has 0 aromatic heterocycles. The molecule has 1 amide bonds. The van der Waals surface area contributed by atoms with Gasteiger partial charge in [0, 0.05) is 13.0 Å². The molecule has 1 aliphatic rings. The second kappa shape index (κ2) is 29.5. The second-order valence-electron chi connectivity index (χ2n) is 16.5. The molecule has 9 N–H and O–H groups in total. The lowest BCUT2D eigenvalue weighted by Gasteiger charge is -2.53. The molecule has 11 heteroatoms. The van der Waals surface area contributed by atoms with Gasteiger partial charge in [-0.3, -0.25) is 20.1 Å². The Labute approximate surface area is 334 Å². The van der Waals surface area contributed by atoms with E-state index in [0.717, 1.165) is 64.2 Å². The number of ketones is 2. The minimum atomic E-state index is -2.28. The van der Waals surface area contributed by atoms with E-state index in [1.807, 2.05) is 0 Å². The van der Waals surface area contributed by atoms with E-state index in [2.05, 4.69) is 26.0 Å². The highest BCUT2D eigenvalue weighted by Crippen LogP contribution is 2.38. The van der Waals surface area contributed by atoms with Crippen LogP contribution < -0.4 is 17.2 Å². The van der Waals surface area contributed by atoms with E-state index in [9.17, 15) is 29.7 Å². The van der Waals surface area contributed by atoms with Gasteiger partial charge in [-0.05, 0) is 52.4 Å². The molecule has 322 valence electrons. The largest absolute Gasteiger partial charge is 0.394 e. The molecule has 1 rings (SSSR count). The Morgan fingerprint density at radius 3 is 1.58 bits per heavy atom. The maximum atomic E-state index is 14.1. The molecule has 0 spiro atoms. The molecule has 1 saturated heterocycles. The lowest BCUT2D eigenvalue weighted by atomic mass is 9.74. The summed E-state index contributed by atoms with van der Waals surface area (Å²) >= 11 is 0. The topological polar surface area (TPSA) is 202 Å². The van der Waals surface area contributed by atoms with Gasteiger partial charge in [-0.25, -0.2) is 0 Å². The Bertz CT molecular complexity index is 1070. The number of unbranched alkanes of at least 4 members (excludes halogenated alkanes) is 22. The summed E-state index contributed by atoms with van der Waals surface area (Å²) in [4.78, 5) is 42.5. The van der Waals surface area contributed by atoms with Crippen molar-refractivity contribution in [3.63, 3.8) is 0 Å². The monoisotopic (exact) mass is 781 g/mol. The van der Waals surface area contributed by atoms with E-state index < -0.39 is 59.8 Å². The number of rotatable bonds is 34. The molecule has 7 atom stereocenters. The number of nitrogens with zero attached hydrogens (tertiary/aromatic N) is 1. The van der Waals surface area contributed by atoms with E-state index in [0.29, 0.717) is 12.8 Å². The highest BCUT2D eigenvalue weighted by atomic mass is 16.6. The Hall–Kier alpha value is -1.73. The van der Waals surface area contributed by atoms with Crippen LogP contribution in [0.15, 0.2) is 12.2 Å². The van der Waals surface area contributed by atoms with Gasteiger partial charge in [-0.15, -0.1) is 0 Å². The minimum Gasteiger partial charge on any atom is -0.394 e. The van der Waals surface area contributed by atoms with Gasteiger partial charge in [-0.2, -0.15) is 0 Å². The summed E-state index contributed by atoms with van der Waals surface area (Å²) in [5.74, 6) is -6.19. The van der Waals surface area contributed by atoms with Crippen molar-refractivity contribution in [3.8, 4) is 0 Å². The molecular formula is C44H84N4O7. The average molecular weight is 781 g/mol. The molecule has 0 unspecified atom stereocenters. The molecule has 1 aliphatic heterocycles. The van der Waals surface area contributed by atoms with Gasteiger partial charge < -0.3 is 36.4 Å². The number of carbonyl (C=O) groups is 3. The van der Waals surface area contributed by atoms with Crippen molar-refractivity contribution in [2.24, 2.45) is 23.1 Å². The van der Waals surface area contributed by atoms with Crippen molar-refractivity contribution in [1.29, 1.82) is 0 Å². The Morgan fingerprint density at radius 2 is 1.15 bits per heavy atom. The maximum Gasteiger partial charge on any atom is 0.225 e. The quantitative estimate of drug-likeness (QED) is 0.0169. The van der Waals surface area contributed by atoms with Gasteiger partial charge in [0.1, 0.15) is 23.7 Å². The molecule has 55 heavy (non-hydrogen) atoms. The van der Waals surface area contributed by atoms with Crippen LogP contribution in [0.1, 0.15) is 195 Å². The van der Waals surface area contributed by atoms with Crippen molar-refractivity contribution < 1.29 is 34.4 Å². The molecule has 0 bridgehead atoms. The smallest absolute Gasteiger partial charge is 0.225 e. The third-order valence-corrected chi connectivity index (χ3v) is 11.4. The Kier molecular flexibility index (Phi) is 27.5. The van der Waals surface area contributed by atoms with Crippen LogP contribution in [0.2, 0.25) is 0 Å². The second-order valence-corrected chi connectivity index (χ2v) is 16.5. The molecule has 0 saturated carbocycles. The third-order valence-electron chi connectivity index (χ3n) is 11.4. The van der Waals surface area contributed by atoms with Crippen molar-refractivity contribution in [2.45, 2.75) is 230 Å². The standard InChI is InChI=1S/C44H84N4O7/c1-5-7-9-11-13-15-17-19-20-21-22-24-26-28-30-32-37(50)48(33-31-29-27-25-23-18-16-14-12-10-8-6-2)44(47)38(40(52)39(51)36(34-49)55-44)42(54)43(4,46)41(53)35(3)45/h19-20,35-36,38-40,49,51-52H,5-18,21-34,45-47H2,1-4H3/b20-19-/t35-,36+,38-,39+,40+,43+,44-/m0/s1. The number of amides is 1. The van der Waals surface area contributed by atoms with Crippen LogP contribution in [-0.4, -0.2) is 86.6 Å². The summed E-state index contributed by atoms with van der Waals surface area (Å²) in [7, 11) is 0. The fourth-order valence-corrected chi connectivity index (χ4v) is 7.77. The van der Waals surface area contributed by atoms with Gasteiger partial charge in [-0.1, -0.05) is 148 Å². The van der Waals surface area contributed by atoms with Crippen molar-refractivity contribution >= 4 is 17.5 Å². The predicted octanol–water partition coefficient (Wildman–Crippen LogP) is 7.10. The van der Waals surface area contributed by atoms with E-state index in [1.54, 1.807) is 0 Å². The average Bonchev–Trinajstić information content (AvgIpc) is 3.15. The summed E-state index contributed by atoms with van der Waals surface area (Å²) in [6, 6.07) is -1.09. The van der Waals surface area contributed by atoms with Crippen LogP contribution in [-0.2, 0) is 19.1 Å². The van der Waals surface area contributed by atoms with Crippen LogP contribution in [0.3, 0.4) is 0 Å². The Morgan fingerprint density at radius 1 is 0.727 bits per heavy atom. The summed E-state index contributed by atoms with van der Waals surface area (Å²) < 4.78 is 6.04. The molecule has 0 aliphatic carbocycles. The highest BCUT2D eigenvalue weighted by Gasteiger charge is 2.62. The molecule has 0 aromatic carbocycles. The highest BCUT2D eigenvalue weighted by molar-refractivity contribution is 6.14. The van der Waals surface area contributed by atoms with Crippen LogP contribution >= 0.6 is 0 Å². The normalized spacial score (nSPS) is 23.2. The SMILES string of the molecule is CCCCCCCC/C=C\CCCCCCCC(=O)N(CCCCCCCCCCCCCC)[C@]1(N)O[C@H](CO)[C@@H](O)[C@H](O)[C@H]1C(=O)[C@](C)(N)C(=O)[C@H](C)N. The van der Waals surface area contributed by atoms with Crippen LogP contribution in [0.5, 0.6) is 0 Å². The first-order valence-corrected chi connectivity index (χ1v) is 22.3. The lowest BCUT2D eigenvalue weighted by molar-refractivity contribution is -0.292.